The maximum atomic E-state index is 12.5. The number of para-hydroxylation sites is 1. The average molecular weight is 386 g/mol. The average Bonchev–Trinajstić information content (AvgIpc) is 3.34. The fourth-order valence-electron chi connectivity index (χ4n) is 2.47. The van der Waals surface area contributed by atoms with Gasteiger partial charge in [-0.05, 0) is 23.6 Å². The number of amides is 1. The van der Waals surface area contributed by atoms with Crippen molar-refractivity contribution in [2.45, 2.75) is 13.0 Å². The van der Waals surface area contributed by atoms with E-state index in [0.29, 0.717) is 13.0 Å². The highest BCUT2D eigenvalue weighted by molar-refractivity contribution is 7.20. The summed E-state index contributed by atoms with van der Waals surface area (Å²) >= 11 is 4.88. The van der Waals surface area contributed by atoms with Gasteiger partial charge in [0, 0.05) is 12.4 Å². The van der Waals surface area contributed by atoms with E-state index >= 15 is 0 Å². The minimum atomic E-state index is 0.0577. The van der Waals surface area contributed by atoms with Crippen LogP contribution in [0.5, 0.6) is 0 Å². The SMILES string of the molecule is CN(Cc1nc2ccccc2s1)C(=O)Cc1csc(-c2cccs2)n1. The summed E-state index contributed by atoms with van der Waals surface area (Å²) in [5, 5.41) is 5.94. The van der Waals surface area contributed by atoms with Crippen LogP contribution in [0.1, 0.15) is 10.7 Å². The lowest BCUT2D eigenvalue weighted by Gasteiger charge is -2.14. The highest BCUT2D eigenvalue weighted by Gasteiger charge is 2.15. The lowest BCUT2D eigenvalue weighted by molar-refractivity contribution is -0.129. The van der Waals surface area contributed by atoms with Gasteiger partial charge in [0.1, 0.15) is 10.0 Å². The zero-order chi connectivity index (χ0) is 17.2. The van der Waals surface area contributed by atoms with E-state index in [4.69, 9.17) is 0 Å². The Hall–Kier alpha value is -2.09. The topological polar surface area (TPSA) is 46.1 Å². The zero-order valence-corrected chi connectivity index (χ0v) is 16.0. The predicted octanol–water partition coefficient (Wildman–Crippen LogP) is 4.68. The molecule has 0 aliphatic heterocycles. The first kappa shape index (κ1) is 16.4. The van der Waals surface area contributed by atoms with Gasteiger partial charge >= 0.3 is 0 Å². The molecule has 0 unspecified atom stereocenters. The van der Waals surface area contributed by atoms with Crippen LogP contribution in [-0.2, 0) is 17.8 Å². The molecular weight excluding hydrogens is 370 g/mol. The molecule has 4 rings (SSSR count). The fraction of sp³-hybridized carbons (Fsp3) is 0.167. The lowest BCUT2D eigenvalue weighted by atomic mass is 10.3. The number of rotatable bonds is 5. The number of benzene rings is 1. The molecule has 1 amide bonds. The van der Waals surface area contributed by atoms with E-state index < -0.39 is 0 Å². The predicted molar refractivity (Wildman–Crippen MR) is 105 cm³/mol. The lowest BCUT2D eigenvalue weighted by Crippen LogP contribution is -2.27. The number of nitrogens with zero attached hydrogens (tertiary/aromatic N) is 3. The van der Waals surface area contributed by atoms with Crippen molar-refractivity contribution >= 4 is 50.1 Å². The van der Waals surface area contributed by atoms with E-state index in [2.05, 4.69) is 16.0 Å². The summed E-state index contributed by atoms with van der Waals surface area (Å²) in [6.45, 7) is 0.528. The quantitative estimate of drug-likeness (QED) is 0.501. The van der Waals surface area contributed by atoms with E-state index in [1.807, 2.05) is 48.1 Å². The van der Waals surface area contributed by atoms with Gasteiger partial charge in [0.15, 0.2) is 0 Å². The largest absolute Gasteiger partial charge is 0.339 e. The second-order valence-corrected chi connectivity index (χ2v) is 8.54. The van der Waals surface area contributed by atoms with Gasteiger partial charge < -0.3 is 4.90 Å². The summed E-state index contributed by atoms with van der Waals surface area (Å²) in [7, 11) is 1.82. The van der Waals surface area contributed by atoms with Gasteiger partial charge in [0.25, 0.3) is 0 Å². The van der Waals surface area contributed by atoms with Crippen LogP contribution in [-0.4, -0.2) is 27.8 Å². The second kappa shape index (κ2) is 7.03. The molecule has 7 heteroatoms. The molecule has 25 heavy (non-hydrogen) atoms. The molecule has 3 aromatic heterocycles. The van der Waals surface area contributed by atoms with Crippen LogP contribution >= 0.6 is 34.0 Å². The van der Waals surface area contributed by atoms with Gasteiger partial charge in [0.2, 0.25) is 5.91 Å². The molecule has 0 N–H and O–H groups in total. The standard InChI is InChI=1S/C18H15N3OS3/c1-21(10-16-20-13-5-2-3-6-14(13)25-16)17(22)9-12-11-24-18(19-12)15-7-4-8-23-15/h2-8,11H,9-10H2,1H3. The Morgan fingerprint density at radius 1 is 1.12 bits per heavy atom. The summed E-state index contributed by atoms with van der Waals surface area (Å²) in [4.78, 5) is 24.5. The first-order valence-corrected chi connectivity index (χ1v) is 10.3. The molecule has 1 aromatic carbocycles. The number of hydrogen-bond donors (Lipinski definition) is 0. The highest BCUT2D eigenvalue weighted by Crippen LogP contribution is 2.28. The summed E-state index contributed by atoms with van der Waals surface area (Å²) in [5.41, 5.74) is 1.82. The molecule has 126 valence electrons. The molecule has 0 atom stereocenters. The fourth-order valence-corrected chi connectivity index (χ4v) is 5.12. The molecule has 0 fully saturated rings. The molecule has 0 saturated carbocycles. The third-order valence-electron chi connectivity index (χ3n) is 3.75. The molecule has 3 heterocycles. The van der Waals surface area contributed by atoms with E-state index in [0.717, 1.165) is 30.8 Å². The van der Waals surface area contributed by atoms with Crippen LogP contribution in [0, 0.1) is 0 Å². The van der Waals surface area contributed by atoms with Crippen molar-refractivity contribution in [3.05, 3.63) is 57.9 Å². The van der Waals surface area contributed by atoms with Gasteiger partial charge in [-0.1, -0.05) is 18.2 Å². The molecule has 0 aliphatic rings. The van der Waals surface area contributed by atoms with Crippen molar-refractivity contribution < 1.29 is 4.79 Å². The molecule has 0 aliphatic carbocycles. The number of hydrogen-bond acceptors (Lipinski definition) is 6. The van der Waals surface area contributed by atoms with Crippen molar-refractivity contribution in [3.63, 3.8) is 0 Å². The molecule has 0 spiro atoms. The van der Waals surface area contributed by atoms with Crippen molar-refractivity contribution in [2.75, 3.05) is 7.05 Å². The number of carbonyl (C=O) groups is 1. The van der Waals surface area contributed by atoms with E-state index in [1.165, 1.54) is 0 Å². The van der Waals surface area contributed by atoms with E-state index in [-0.39, 0.29) is 5.91 Å². The van der Waals surface area contributed by atoms with Crippen molar-refractivity contribution in [3.8, 4) is 9.88 Å². The number of fused-ring (bicyclic) bond motifs is 1. The third-order valence-corrected chi connectivity index (χ3v) is 6.70. The first-order chi connectivity index (χ1) is 12.2. The van der Waals surface area contributed by atoms with Gasteiger partial charge in [-0.2, -0.15) is 0 Å². The zero-order valence-electron chi connectivity index (χ0n) is 13.5. The van der Waals surface area contributed by atoms with Crippen LogP contribution in [0.25, 0.3) is 20.1 Å². The minimum Gasteiger partial charge on any atom is -0.339 e. The monoisotopic (exact) mass is 385 g/mol. The molecular formula is C18H15N3OS3. The Bertz CT molecular complexity index is 971. The Kier molecular flexibility index (Phi) is 4.61. The molecule has 4 nitrogen and oxygen atoms in total. The number of thiophene rings is 1. The highest BCUT2D eigenvalue weighted by atomic mass is 32.1. The van der Waals surface area contributed by atoms with Gasteiger partial charge in [0.05, 0.1) is 33.8 Å². The van der Waals surface area contributed by atoms with Crippen LogP contribution in [0.2, 0.25) is 0 Å². The summed E-state index contributed by atoms with van der Waals surface area (Å²) < 4.78 is 1.15. The van der Waals surface area contributed by atoms with E-state index in [9.17, 15) is 4.79 Å². The minimum absolute atomic E-state index is 0.0577. The Labute approximate surface area is 157 Å². The van der Waals surface area contributed by atoms with Crippen LogP contribution in [0.4, 0.5) is 0 Å². The van der Waals surface area contributed by atoms with E-state index in [1.54, 1.807) is 38.9 Å². The Morgan fingerprint density at radius 2 is 2.00 bits per heavy atom. The van der Waals surface area contributed by atoms with Crippen LogP contribution in [0.3, 0.4) is 0 Å². The maximum absolute atomic E-state index is 12.5. The summed E-state index contributed by atoms with van der Waals surface area (Å²) in [6.07, 6.45) is 0.323. The van der Waals surface area contributed by atoms with Crippen LogP contribution in [0.15, 0.2) is 47.2 Å². The molecule has 0 radical (unpaired) electrons. The number of thiazole rings is 2. The van der Waals surface area contributed by atoms with Crippen molar-refractivity contribution in [1.82, 2.24) is 14.9 Å². The number of aromatic nitrogens is 2. The summed E-state index contributed by atoms with van der Waals surface area (Å²) in [6, 6.07) is 12.1. The van der Waals surface area contributed by atoms with Gasteiger partial charge in [-0.3, -0.25) is 4.79 Å². The second-order valence-electron chi connectivity index (χ2n) is 5.62. The molecule has 0 saturated heterocycles. The van der Waals surface area contributed by atoms with Crippen LogP contribution < -0.4 is 0 Å². The Balaban J connectivity index is 1.42. The molecule has 4 aromatic rings. The first-order valence-electron chi connectivity index (χ1n) is 7.76. The number of likely N-dealkylation sites (N-methyl/N-ethyl adjacent to an activating group) is 1. The third kappa shape index (κ3) is 3.63. The van der Waals surface area contributed by atoms with Gasteiger partial charge in [-0.15, -0.1) is 34.0 Å². The number of carbonyl (C=O) groups excluding carboxylic acids is 1. The van der Waals surface area contributed by atoms with Crippen molar-refractivity contribution in [2.24, 2.45) is 0 Å². The maximum Gasteiger partial charge on any atom is 0.228 e. The normalized spacial score (nSPS) is 11.1. The summed E-state index contributed by atoms with van der Waals surface area (Å²) in [5.74, 6) is 0.0577. The molecule has 0 bridgehead atoms. The van der Waals surface area contributed by atoms with Gasteiger partial charge in [-0.25, -0.2) is 9.97 Å². The smallest absolute Gasteiger partial charge is 0.228 e. The van der Waals surface area contributed by atoms with Crippen molar-refractivity contribution in [1.29, 1.82) is 0 Å². The Morgan fingerprint density at radius 3 is 2.80 bits per heavy atom.